The number of hydrogen-bond acceptors (Lipinski definition) is 9. The molecule has 12 heteroatoms. The number of unbranched alkanes of at least 4 members (excludes halogenated alkanes) is 3. The minimum absolute atomic E-state index is 0. The maximum absolute atomic E-state index is 12.9. The second kappa shape index (κ2) is 16.1. The van der Waals surface area contributed by atoms with Gasteiger partial charge in [0.05, 0.1) is 10.2 Å². The number of benzene rings is 2. The monoisotopic (exact) mass is 611 g/mol. The van der Waals surface area contributed by atoms with Crippen LogP contribution < -0.4 is 20.6 Å². The summed E-state index contributed by atoms with van der Waals surface area (Å²) < 4.78 is 31.9. The summed E-state index contributed by atoms with van der Waals surface area (Å²) in [5, 5.41) is 6.66. The normalized spacial score (nSPS) is 11.7. The zero-order chi connectivity index (χ0) is 28.4. The number of nitrogens with one attached hydrogen (secondary N) is 2. The van der Waals surface area contributed by atoms with Crippen LogP contribution in [0.4, 0.5) is 10.8 Å². The third-order valence-corrected chi connectivity index (χ3v) is 8.53. The molecular weight excluding hydrogens is 570 g/mol. The topological polar surface area (TPSA) is 127 Å². The van der Waals surface area contributed by atoms with Crippen molar-refractivity contribution in [2.75, 3.05) is 30.3 Å². The predicted molar refractivity (Wildman–Crippen MR) is 167 cm³/mol. The quantitative estimate of drug-likeness (QED) is 0.136. The lowest BCUT2D eigenvalue weighted by molar-refractivity contribution is -0.116. The van der Waals surface area contributed by atoms with Gasteiger partial charge >= 0.3 is 10.1 Å². The Bertz CT molecular complexity index is 1310. The number of amides is 1. The highest BCUT2D eigenvalue weighted by Gasteiger charge is 2.18. The van der Waals surface area contributed by atoms with Gasteiger partial charge in [0, 0.05) is 43.3 Å². The van der Waals surface area contributed by atoms with E-state index in [1.165, 1.54) is 23.5 Å². The summed E-state index contributed by atoms with van der Waals surface area (Å²) in [6, 6.07) is 12.3. The minimum atomic E-state index is -4.01. The van der Waals surface area contributed by atoms with Crippen molar-refractivity contribution >= 4 is 60.8 Å². The van der Waals surface area contributed by atoms with Crippen molar-refractivity contribution < 1.29 is 17.4 Å². The molecule has 3 aromatic rings. The van der Waals surface area contributed by atoms with E-state index in [1.54, 1.807) is 30.3 Å². The first-order valence-electron chi connectivity index (χ1n) is 13.5. The highest BCUT2D eigenvalue weighted by molar-refractivity contribution is 7.87. The van der Waals surface area contributed by atoms with Gasteiger partial charge in [-0.2, -0.15) is 8.42 Å². The van der Waals surface area contributed by atoms with Crippen molar-refractivity contribution in [3.05, 3.63) is 42.5 Å². The summed E-state index contributed by atoms with van der Waals surface area (Å²) in [5.41, 5.74) is 7.00. The zero-order valence-electron chi connectivity index (χ0n) is 23.7. The van der Waals surface area contributed by atoms with E-state index in [0.29, 0.717) is 35.7 Å². The highest BCUT2D eigenvalue weighted by Crippen LogP contribution is 2.31. The summed E-state index contributed by atoms with van der Waals surface area (Å²) in [7, 11) is -4.01. The second-order valence-electron chi connectivity index (χ2n) is 10.1. The Morgan fingerprint density at radius 1 is 1.02 bits per heavy atom. The molecule has 3 rings (SSSR count). The van der Waals surface area contributed by atoms with E-state index < -0.39 is 10.1 Å². The Morgan fingerprint density at radius 3 is 2.35 bits per heavy atom. The van der Waals surface area contributed by atoms with Crippen LogP contribution in [0, 0.1) is 0 Å². The zero-order valence-corrected chi connectivity index (χ0v) is 26.1. The van der Waals surface area contributed by atoms with E-state index in [1.807, 2.05) is 0 Å². The first-order valence-corrected chi connectivity index (χ1v) is 15.8. The number of nitrogens with zero attached hydrogens (tertiary/aromatic N) is 2. The molecule has 1 aromatic heterocycles. The van der Waals surface area contributed by atoms with Crippen LogP contribution in [0.3, 0.4) is 0 Å². The lowest BCUT2D eigenvalue weighted by atomic mass is 10.1. The van der Waals surface area contributed by atoms with E-state index in [0.717, 1.165) is 49.2 Å². The van der Waals surface area contributed by atoms with E-state index in [2.05, 4.69) is 48.2 Å². The van der Waals surface area contributed by atoms with Crippen LogP contribution in [-0.2, 0) is 14.9 Å². The number of nitrogens with two attached hydrogens (primary N) is 1. The highest BCUT2D eigenvalue weighted by atomic mass is 35.5. The van der Waals surface area contributed by atoms with Crippen LogP contribution in [0.2, 0.25) is 0 Å². The van der Waals surface area contributed by atoms with Crippen molar-refractivity contribution in [2.24, 2.45) is 5.73 Å². The van der Waals surface area contributed by atoms with E-state index >= 15 is 0 Å². The van der Waals surface area contributed by atoms with E-state index in [4.69, 9.17) is 9.92 Å². The number of fused-ring (bicyclic) bond motifs is 1. The number of carbonyl (C=O) groups excluding carboxylic acids is 1. The van der Waals surface area contributed by atoms with E-state index in [9.17, 15) is 13.2 Å². The molecular formula is C28H42ClN5O4S2. The fourth-order valence-electron chi connectivity index (χ4n) is 4.33. The lowest BCUT2D eigenvalue weighted by Crippen LogP contribution is -2.40. The van der Waals surface area contributed by atoms with Crippen molar-refractivity contribution in [3.63, 3.8) is 0 Å². The van der Waals surface area contributed by atoms with Gasteiger partial charge in [0.25, 0.3) is 0 Å². The third kappa shape index (κ3) is 10.2. The smallest absolute Gasteiger partial charge is 0.339 e. The minimum Gasteiger partial charge on any atom is -0.384 e. The van der Waals surface area contributed by atoms with Crippen LogP contribution >= 0.6 is 23.7 Å². The Balaban J connectivity index is 0.00000560. The number of hydrogen-bond donors (Lipinski definition) is 3. The Kier molecular flexibility index (Phi) is 13.6. The average Bonchev–Trinajstić information content (AvgIpc) is 3.27. The number of anilines is 2. The van der Waals surface area contributed by atoms with Crippen LogP contribution in [0.15, 0.2) is 47.4 Å². The van der Waals surface area contributed by atoms with E-state index in [-0.39, 0.29) is 29.0 Å². The first-order chi connectivity index (χ1) is 18.6. The van der Waals surface area contributed by atoms with Gasteiger partial charge in [0.15, 0.2) is 5.13 Å². The molecule has 9 nitrogen and oxygen atoms in total. The number of halogens is 1. The maximum Gasteiger partial charge on any atom is 0.339 e. The molecule has 0 saturated heterocycles. The second-order valence-corrected chi connectivity index (χ2v) is 12.6. The standard InChI is InChI=1S/C28H41N5O4S2.ClH/c1-20(2)33(21(3)4)18-17-30-22-10-13-24(14-11-22)39(35,36)37-23-12-15-25-26(19-23)38-28(31-25)32-27(34)9-7-5-6-8-16-29;/h10-15,19-21,30H,5-9,16-18,29H2,1-4H3,(H,31,32,34);1H. The third-order valence-electron chi connectivity index (χ3n) is 6.34. The number of thiazole rings is 1. The number of carbonyl (C=O) groups is 1. The van der Waals surface area contributed by atoms with Gasteiger partial charge in [-0.15, -0.1) is 12.4 Å². The van der Waals surface area contributed by atoms with Crippen molar-refractivity contribution in [1.29, 1.82) is 0 Å². The Labute approximate surface area is 248 Å². The van der Waals surface area contributed by atoms with Crippen LogP contribution in [-0.4, -0.2) is 55.9 Å². The summed E-state index contributed by atoms with van der Waals surface area (Å²) in [6.45, 7) is 11.0. The molecule has 0 aliphatic rings. The lowest BCUT2D eigenvalue weighted by Gasteiger charge is -2.30. The van der Waals surface area contributed by atoms with Crippen molar-refractivity contribution in [1.82, 2.24) is 9.88 Å². The molecule has 222 valence electrons. The van der Waals surface area contributed by atoms with Gasteiger partial charge in [0.1, 0.15) is 10.6 Å². The van der Waals surface area contributed by atoms with Crippen molar-refractivity contribution in [2.45, 2.75) is 76.8 Å². The molecule has 0 radical (unpaired) electrons. The first kappa shape index (κ1) is 33.8. The maximum atomic E-state index is 12.9. The van der Waals surface area contributed by atoms with Crippen molar-refractivity contribution in [3.8, 4) is 5.75 Å². The van der Waals surface area contributed by atoms with Gasteiger partial charge in [-0.25, -0.2) is 4.98 Å². The fraction of sp³-hybridized carbons (Fsp3) is 0.500. The SMILES string of the molecule is CC(C)N(CCNc1ccc(S(=O)(=O)Oc2ccc3nc(NC(=O)CCCCCCN)sc3c2)cc1)C(C)C.Cl. The summed E-state index contributed by atoms with van der Waals surface area (Å²) in [5.74, 6) is 0.101. The molecule has 1 amide bonds. The summed E-state index contributed by atoms with van der Waals surface area (Å²) >= 11 is 1.28. The molecule has 0 fully saturated rings. The average molecular weight is 612 g/mol. The molecule has 1 heterocycles. The predicted octanol–water partition coefficient (Wildman–Crippen LogP) is 5.86. The number of rotatable bonds is 16. The molecule has 2 aromatic carbocycles. The Morgan fingerprint density at radius 2 is 1.70 bits per heavy atom. The molecule has 40 heavy (non-hydrogen) atoms. The summed E-state index contributed by atoms with van der Waals surface area (Å²) in [6.07, 6.45) is 4.19. The van der Waals surface area contributed by atoms with Gasteiger partial charge in [-0.3, -0.25) is 9.69 Å². The number of aromatic nitrogens is 1. The largest absolute Gasteiger partial charge is 0.384 e. The molecule has 0 unspecified atom stereocenters. The van der Waals surface area contributed by atoms with Crippen LogP contribution in [0.1, 0.15) is 59.8 Å². The molecule has 0 atom stereocenters. The van der Waals surface area contributed by atoms with Gasteiger partial charge in [-0.1, -0.05) is 24.2 Å². The molecule has 0 bridgehead atoms. The van der Waals surface area contributed by atoms with Crippen LogP contribution in [0.25, 0.3) is 10.2 Å². The fourth-order valence-corrected chi connectivity index (χ4v) is 6.16. The molecule has 4 N–H and O–H groups in total. The molecule has 0 spiro atoms. The van der Waals surface area contributed by atoms with Gasteiger partial charge in [0.2, 0.25) is 5.91 Å². The molecule has 0 aliphatic heterocycles. The van der Waals surface area contributed by atoms with Gasteiger partial charge in [-0.05, 0) is 83.5 Å². The Hall–Kier alpha value is -2.44. The summed E-state index contributed by atoms with van der Waals surface area (Å²) in [4.78, 5) is 19.1. The molecule has 0 saturated carbocycles. The van der Waals surface area contributed by atoms with Crippen LogP contribution in [0.5, 0.6) is 5.75 Å². The van der Waals surface area contributed by atoms with Gasteiger partial charge < -0.3 is 20.6 Å². The molecule has 0 aliphatic carbocycles.